The van der Waals surface area contributed by atoms with Crippen molar-refractivity contribution in [3.05, 3.63) is 55.3 Å². The van der Waals surface area contributed by atoms with Crippen LogP contribution in [-0.2, 0) is 13.2 Å². The Balaban J connectivity index is 2.89. The molecule has 0 fully saturated rings. The lowest BCUT2D eigenvalue weighted by Crippen LogP contribution is -2.43. The van der Waals surface area contributed by atoms with Gasteiger partial charge in [0.1, 0.15) is 11.6 Å². The van der Waals surface area contributed by atoms with E-state index in [-0.39, 0.29) is 26.5 Å². The molecule has 0 saturated heterocycles. The number of benzene rings is 1. The summed E-state index contributed by atoms with van der Waals surface area (Å²) in [4.78, 5) is 24.1. The highest BCUT2D eigenvalue weighted by Crippen LogP contribution is 2.31. The van der Waals surface area contributed by atoms with Crippen molar-refractivity contribution in [1.29, 1.82) is 0 Å². The van der Waals surface area contributed by atoms with E-state index in [9.17, 15) is 31.5 Å². The van der Waals surface area contributed by atoms with Crippen LogP contribution < -0.4 is 16.0 Å². The molecule has 2 aromatic rings. The molecule has 5 nitrogen and oxygen atoms in total. The Hall–Kier alpha value is -2.36. The number of hydrogen-bond donors (Lipinski definition) is 0. The van der Waals surface area contributed by atoms with Crippen LogP contribution in [0.1, 0.15) is 12.6 Å². The van der Waals surface area contributed by atoms with E-state index < -0.39 is 40.4 Å². The van der Waals surface area contributed by atoms with Crippen LogP contribution in [0, 0.1) is 11.6 Å². The molecule has 136 valence electrons. The molecule has 0 N–H and O–H groups in total. The molecule has 0 amide bonds. The van der Waals surface area contributed by atoms with Crippen molar-refractivity contribution in [1.82, 2.24) is 9.13 Å². The van der Waals surface area contributed by atoms with Crippen molar-refractivity contribution in [2.75, 3.05) is 6.61 Å². The number of alkyl halides is 3. The second-order valence-corrected chi connectivity index (χ2v) is 5.22. The monoisotopic (exact) mass is 384 g/mol. The van der Waals surface area contributed by atoms with Crippen molar-refractivity contribution in [3.63, 3.8) is 0 Å². The summed E-state index contributed by atoms with van der Waals surface area (Å²) < 4.78 is 71.5. The molecule has 0 aliphatic heterocycles. The van der Waals surface area contributed by atoms with E-state index in [1.54, 1.807) is 6.92 Å². The summed E-state index contributed by atoms with van der Waals surface area (Å²) in [7, 11) is 0.613. The zero-order valence-corrected chi connectivity index (χ0v) is 13.5. The van der Waals surface area contributed by atoms with Gasteiger partial charge >= 0.3 is 11.9 Å². The van der Waals surface area contributed by atoms with Crippen molar-refractivity contribution in [3.8, 4) is 11.4 Å². The van der Waals surface area contributed by atoms with Crippen LogP contribution in [0.3, 0.4) is 0 Å². The smallest absolute Gasteiger partial charge is 0.434 e. The summed E-state index contributed by atoms with van der Waals surface area (Å²) >= 11 is 5.74. The predicted octanol–water partition coefficient (Wildman–Crippen LogP) is 2.89. The fourth-order valence-electron chi connectivity index (χ4n) is 2.16. The summed E-state index contributed by atoms with van der Waals surface area (Å²) in [5.74, 6) is -3.58. The highest BCUT2D eigenvalue weighted by Gasteiger charge is 2.40. The summed E-state index contributed by atoms with van der Waals surface area (Å²) in [6.07, 6.45) is -5.29. The third kappa shape index (κ3) is 3.26. The molecule has 0 unspecified atom stereocenters. The standard InChI is InChI=1S/C14H10ClF5N2O3/c1-3-25-9-5-8(7(16)4-6(9)15)22-12(23)10(17)11(14(18,19)20)21(2)13(22)24/h4-5H,3H2,1-2H3. The first-order chi connectivity index (χ1) is 11.5. The van der Waals surface area contributed by atoms with Gasteiger partial charge in [-0.05, 0) is 13.0 Å². The molecular weight excluding hydrogens is 375 g/mol. The minimum Gasteiger partial charge on any atom is -0.492 e. The van der Waals surface area contributed by atoms with Gasteiger partial charge in [0.25, 0.3) is 5.56 Å². The number of ether oxygens (including phenoxy) is 1. The molecule has 0 aliphatic carbocycles. The number of aromatic nitrogens is 2. The predicted molar refractivity (Wildman–Crippen MR) is 78.4 cm³/mol. The van der Waals surface area contributed by atoms with Crippen molar-refractivity contribution >= 4 is 11.6 Å². The highest BCUT2D eigenvalue weighted by molar-refractivity contribution is 6.32. The van der Waals surface area contributed by atoms with E-state index in [2.05, 4.69) is 0 Å². The fraction of sp³-hybridized carbons (Fsp3) is 0.286. The molecule has 25 heavy (non-hydrogen) atoms. The third-order valence-electron chi connectivity index (χ3n) is 3.22. The Bertz CT molecular complexity index is 912. The molecule has 1 heterocycles. The molecule has 0 saturated carbocycles. The highest BCUT2D eigenvalue weighted by atomic mass is 35.5. The van der Waals surface area contributed by atoms with Crippen molar-refractivity contribution in [2.45, 2.75) is 13.1 Å². The van der Waals surface area contributed by atoms with Crippen LogP contribution in [0.15, 0.2) is 21.7 Å². The van der Waals surface area contributed by atoms with E-state index in [1.165, 1.54) is 0 Å². The van der Waals surface area contributed by atoms with Crippen LogP contribution in [0.2, 0.25) is 5.02 Å². The van der Waals surface area contributed by atoms with Gasteiger partial charge in [0, 0.05) is 13.1 Å². The van der Waals surface area contributed by atoms with E-state index >= 15 is 0 Å². The van der Waals surface area contributed by atoms with Gasteiger partial charge < -0.3 is 4.74 Å². The van der Waals surface area contributed by atoms with Gasteiger partial charge in [-0.2, -0.15) is 17.6 Å². The molecule has 2 rings (SSSR count). The van der Waals surface area contributed by atoms with Crippen molar-refractivity contribution < 1.29 is 26.7 Å². The largest absolute Gasteiger partial charge is 0.492 e. The van der Waals surface area contributed by atoms with Gasteiger partial charge in [-0.25, -0.2) is 13.8 Å². The average Bonchev–Trinajstić information content (AvgIpc) is 2.48. The fourth-order valence-corrected chi connectivity index (χ4v) is 2.37. The Morgan fingerprint density at radius 3 is 2.32 bits per heavy atom. The summed E-state index contributed by atoms with van der Waals surface area (Å²) in [6.45, 7) is 1.67. The number of nitrogens with zero attached hydrogens (tertiary/aromatic N) is 2. The second kappa shape index (κ2) is 6.51. The molecule has 0 atom stereocenters. The first-order valence-corrected chi connectivity index (χ1v) is 7.09. The maximum atomic E-state index is 14.1. The Morgan fingerprint density at radius 2 is 1.80 bits per heavy atom. The normalized spacial score (nSPS) is 11.7. The first kappa shape index (κ1) is 19.0. The second-order valence-electron chi connectivity index (χ2n) is 4.81. The third-order valence-corrected chi connectivity index (χ3v) is 3.52. The number of hydrogen-bond acceptors (Lipinski definition) is 3. The molecule has 11 heteroatoms. The first-order valence-electron chi connectivity index (χ1n) is 6.71. The molecule has 0 aliphatic rings. The van der Waals surface area contributed by atoms with Crippen LogP contribution in [-0.4, -0.2) is 15.7 Å². The molecular formula is C14H10ClF5N2O3. The number of rotatable bonds is 3. The molecule has 1 aromatic carbocycles. The van der Waals surface area contributed by atoms with E-state index in [4.69, 9.17) is 16.3 Å². The Morgan fingerprint density at radius 1 is 1.20 bits per heavy atom. The zero-order chi connectivity index (χ0) is 19.1. The van der Waals surface area contributed by atoms with Gasteiger partial charge in [0.2, 0.25) is 5.82 Å². The van der Waals surface area contributed by atoms with Crippen molar-refractivity contribution in [2.24, 2.45) is 7.05 Å². The van der Waals surface area contributed by atoms with E-state index in [0.717, 1.165) is 6.07 Å². The van der Waals surface area contributed by atoms with Crippen LogP contribution in [0.5, 0.6) is 5.75 Å². The van der Waals surface area contributed by atoms with E-state index in [1.807, 2.05) is 0 Å². The van der Waals surface area contributed by atoms with Gasteiger partial charge in [-0.1, -0.05) is 11.6 Å². The van der Waals surface area contributed by atoms with Gasteiger partial charge in [-0.15, -0.1) is 0 Å². The van der Waals surface area contributed by atoms with Gasteiger partial charge in [0.05, 0.1) is 17.3 Å². The quantitative estimate of drug-likeness (QED) is 0.765. The lowest BCUT2D eigenvalue weighted by atomic mass is 10.2. The number of halogens is 6. The maximum Gasteiger partial charge on any atom is 0.434 e. The topological polar surface area (TPSA) is 53.2 Å². The van der Waals surface area contributed by atoms with Gasteiger partial charge in [-0.3, -0.25) is 9.36 Å². The Labute approximate surface area is 141 Å². The summed E-state index contributed by atoms with van der Waals surface area (Å²) in [5.41, 5.74) is -6.37. The van der Waals surface area contributed by atoms with Gasteiger partial charge in [0.15, 0.2) is 5.69 Å². The Kier molecular flexibility index (Phi) is 4.94. The SMILES string of the molecule is CCOc1cc(-n2c(=O)c(F)c(C(F)(F)F)n(C)c2=O)c(F)cc1Cl. The van der Waals surface area contributed by atoms with Crippen LogP contribution >= 0.6 is 11.6 Å². The van der Waals surface area contributed by atoms with E-state index in [0.29, 0.717) is 13.1 Å². The zero-order valence-electron chi connectivity index (χ0n) is 12.7. The van der Waals surface area contributed by atoms with Crippen LogP contribution in [0.4, 0.5) is 22.0 Å². The minimum absolute atomic E-state index is 0.0568. The lowest BCUT2D eigenvalue weighted by molar-refractivity contribution is -0.146. The average molecular weight is 385 g/mol. The molecule has 0 radical (unpaired) electrons. The minimum atomic E-state index is -5.29. The summed E-state index contributed by atoms with van der Waals surface area (Å²) in [6, 6.07) is 1.53. The lowest BCUT2D eigenvalue weighted by Gasteiger charge is -2.16. The molecule has 1 aromatic heterocycles. The molecule has 0 bridgehead atoms. The van der Waals surface area contributed by atoms with Crippen LogP contribution in [0.25, 0.3) is 5.69 Å². The maximum absolute atomic E-state index is 14.1. The summed E-state index contributed by atoms with van der Waals surface area (Å²) in [5, 5.41) is -0.194. The molecule has 0 spiro atoms.